The molecule has 0 saturated heterocycles. The molecule has 0 spiro atoms. The summed E-state index contributed by atoms with van der Waals surface area (Å²) in [4.78, 5) is 23.9. The van der Waals surface area contributed by atoms with Crippen LogP contribution in [0.5, 0.6) is 5.75 Å². The minimum absolute atomic E-state index is 0.191. The lowest BCUT2D eigenvalue weighted by molar-refractivity contribution is -0.114. The fourth-order valence-electron chi connectivity index (χ4n) is 2.61. The third kappa shape index (κ3) is 5.56. The predicted octanol–water partition coefficient (Wildman–Crippen LogP) is 5.27. The molecule has 148 valence electrons. The SMILES string of the molecule is CC(=O)Nc1ccc(NC(=O)c2ccccc2OCc2ccc(F)cc2)c(Cl)c1. The summed E-state index contributed by atoms with van der Waals surface area (Å²) in [5, 5.41) is 5.65. The molecule has 0 aromatic heterocycles. The van der Waals surface area contributed by atoms with E-state index in [4.69, 9.17) is 16.3 Å². The van der Waals surface area contributed by atoms with Crippen LogP contribution in [0.3, 0.4) is 0 Å². The van der Waals surface area contributed by atoms with Gasteiger partial charge >= 0.3 is 0 Å². The maximum absolute atomic E-state index is 13.0. The Morgan fingerprint density at radius 2 is 1.72 bits per heavy atom. The van der Waals surface area contributed by atoms with Crippen molar-refractivity contribution >= 4 is 34.8 Å². The monoisotopic (exact) mass is 412 g/mol. The first-order valence-electron chi connectivity index (χ1n) is 8.77. The average molecular weight is 413 g/mol. The number of nitrogens with one attached hydrogen (secondary N) is 2. The van der Waals surface area contributed by atoms with E-state index >= 15 is 0 Å². The molecule has 0 bridgehead atoms. The Balaban J connectivity index is 1.72. The molecule has 0 radical (unpaired) electrons. The van der Waals surface area contributed by atoms with Crippen molar-refractivity contribution in [2.45, 2.75) is 13.5 Å². The third-order valence-electron chi connectivity index (χ3n) is 3.98. The van der Waals surface area contributed by atoms with Crippen LogP contribution < -0.4 is 15.4 Å². The van der Waals surface area contributed by atoms with Gasteiger partial charge in [0.2, 0.25) is 5.91 Å². The number of carbonyl (C=O) groups is 2. The third-order valence-corrected chi connectivity index (χ3v) is 4.29. The molecule has 0 aliphatic carbocycles. The van der Waals surface area contributed by atoms with E-state index in [0.717, 1.165) is 5.56 Å². The zero-order valence-corrected chi connectivity index (χ0v) is 16.3. The molecule has 0 aliphatic heterocycles. The number of amides is 2. The highest BCUT2D eigenvalue weighted by Crippen LogP contribution is 2.27. The summed E-state index contributed by atoms with van der Waals surface area (Å²) >= 11 is 6.21. The normalized spacial score (nSPS) is 10.3. The predicted molar refractivity (Wildman–Crippen MR) is 111 cm³/mol. The Labute approximate surface area is 172 Å². The van der Waals surface area contributed by atoms with Crippen molar-refractivity contribution in [1.29, 1.82) is 0 Å². The van der Waals surface area contributed by atoms with Gasteiger partial charge < -0.3 is 15.4 Å². The van der Waals surface area contributed by atoms with Gasteiger partial charge in [-0.1, -0.05) is 35.9 Å². The first-order valence-corrected chi connectivity index (χ1v) is 9.15. The number of para-hydroxylation sites is 1. The lowest BCUT2D eigenvalue weighted by Crippen LogP contribution is -2.14. The van der Waals surface area contributed by atoms with Gasteiger partial charge in [-0.15, -0.1) is 0 Å². The standard InChI is InChI=1S/C22H18ClFN2O3/c1-14(27)25-17-10-11-20(19(23)12-17)26-22(28)18-4-2-3-5-21(18)29-13-15-6-8-16(24)9-7-15/h2-12H,13H2,1H3,(H,25,27)(H,26,28). The van der Waals surface area contributed by atoms with E-state index in [0.29, 0.717) is 22.7 Å². The van der Waals surface area contributed by atoms with E-state index in [1.165, 1.54) is 19.1 Å². The van der Waals surface area contributed by atoms with Crippen molar-refractivity contribution in [3.05, 3.63) is 88.7 Å². The molecule has 29 heavy (non-hydrogen) atoms. The fourth-order valence-corrected chi connectivity index (χ4v) is 2.84. The van der Waals surface area contributed by atoms with Crippen LogP contribution in [0.1, 0.15) is 22.8 Å². The summed E-state index contributed by atoms with van der Waals surface area (Å²) in [5.41, 5.74) is 2.04. The molecule has 0 atom stereocenters. The number of rotatable bonds is 6. The lowest BCUT2D eigenvalue weighted by atomic mass is 10.1. The number of ether oxygens (including phenoxy) is 1. The largest absolute Gasteiger partial charge is 0.488 e. The number of hydrogen-bond donors (Lipinski definition) is 2. The van der Waals surface area contributed by atoms with Crippen molar-refractivity contribution in [1.82, 2.24) is 0 Å². The highest BCUT2D eigenvalue weighted by atomic mass is 35.5. The van der Waals surface area contributed by atoms with E-state index in [2.05, 4.69) is 10.6 Å². The Morgan fingerprint density at radius 1 is 1.00 bits per heavy atom. The van der Waals surface area contributed by atoms with Gasteiger partial charge in [-0.3, -0.25) is 9.59 Å². The first-order chi connectivity index (χ1) is 13.9. The zero-order valence-electron chi connectivity index (χ0n) is 15.5. The molecule has 3 rings (SSSR count). The molecule has 0 heterocycles. The van der Waals surface area contributed by atoms with Crippen LogP contribution in [-0.2, 0) is 11.4 Å². The molecular formula is C22H18ClFN2O3. The molecule has 5 nitrogen and oxygen atoms in total. The summed E-state index contributed by atoms with van der Waals surface area (Å²) in [6, 6.07) is 17.5. The van der Waals surface area contributed by atoms with Gasteiger partial charge in [0.15, 0.2) is 0 Å². The summed E-state index contributed by atoms with van der Waals surface area (Å²) in [6.45, 7) is 1.59. The van der Waals surface area contributed by atoms with Crippen LogP contribution in [0.25, 0.3) is 0 Å². The average Bonchev–Trinajstić information content (AvgIpc) is 2.69. The van der Waals surface area contributed by atoms with Gasteiger partial charge in [-0.2, -0.15) is 0 Å². The van der Waals surface area contributed by atoms with Crippen molar-refractivity contribution in [2.75, 3.05) is 10.6 Å². The van der Waals surface area contributed by atoms with E-state index in [-0.39, 0.29) is 23.4 Å². The molecule has 0 aliphatic rings. The van der Waals surface area contributed by atoms with Gasteiger partial charge in [0.25, 0.3) is 5.91 Å². The van der Waals surface area contributed by atoms with Gasteiger partial charge in [0, 0.05) is 12.6 Å². The van der Waals surface area contributed by atoms with E-state index in [1.54, 1.807) is 54.6 Å². The topological polar surface area (TPSA) is 67.4 Å². The molecule has 3 aromatic rings. The molecule has 0 saturated carbocycles. The molecule has 2 N–H and O–H groups in total. The number of halogens is 2. The van der Waals surface area contributed by atoms with Crippen molar-refractivity contribution in [3.63, 3.8) is 0 Å². The Kier molecular flexibility index (Phi) is 6.46. The van der Waals surface area contributed by atoms with Crippen LogP contribution in [0.4, 0.5) is 15.8 Å². The quantitative estimate of drug-likeness (QED) is 0.579. The van der Waals surface area contributed by atoms with Gasteiger partial charge in [-0.05, 0) is 48.0 Å². The molecular weight excluding hydrogens is 395 g/mol. The summed E-state index contributed by atoms with van der Waals surface area (Å²) in [5.74, 6) is -0.547. The molecule has 3 aromatic carbocycles. The second-order valence-corrected chi connectivity index (χ2v) is 6.65. The maximum Gasteiger partial charge on any atom is 0.259 e. The van der Waals surface area contributed by atoms with Crippen LogP contribution in [0, 0.1) is 5.82 Å². The van der Waals surface area contributed by atoms with Gasteiger partial charge in [0.05, 0.1) is 16.3 Å². The molecule has 0 unspecified atom stereocenters. The van der Waals surface area contributed by atoms with Crippen molar-refractivity contribution in [3.8, 4) is 5.75 Å². The van der Waals surface area contributed by atoms with E-state index in [1.807, 2.05) is 0 Å². The molecule has 2 amide bonds. The maximum atomic E-state index is 13.0. The van der Waals surface area contributed by atoms with Gasteiger partial charge in [0.1, 0.15) is 18.2 Å². The highest BCUT2D eigenvalue weighted by molar-refractivity contribution is 6.34. The minimum atomic E-state index is -0.395. The Bertz CT molecular complexity index is 1040. The summed E-state index contributed by atoms with van der Waals surface area (Å²) in [6.07, 6.45) is 0. The van der Waals surface area contributed by atoms with Gasteiger partial charge in [-0.25, -0.2) is 4.39 Å². The number of anilines is 2. The van der Waals surface area contributed by atoms with E-state index < -0.39 is 5.91 Å². The van der Waals surface area contributed by atoms with Crippen LogP contribution >= 0.6 is 11.6 Å². The Hall–Kier alpha value is -3.38. The number of hydrogen-bond acceptors (Lipinski definition) is 3. The van der Waals surface area contributed by atoms with Crippen molar-refractivity contribution in [2.24, 2.45) is 0 Å². The first kappa shape index (κ1) is 20.4. The lowest BCUT2D eigenvalue weighted by Gasteiger charge is -2.13. The Morgan fingerprint density at radius 3 is 2.41 bits per heavy atom. The molecule has 7 heteroatoms. The zero-order chi connectivity index (χ0) is 20.8. The summed E-state index contributed by atoms with van der Waals surface area (Å²) in [7, 11) is 0. The van der Waals surface area contributed by atoms with E-state index in [9.17, 15) is 14.0 Å². The molecule has 0 fully saturated rings. The highest BCUT2D eigenvalue weighted by Gasteiger charge is 2.14. The smallest absolute Gasteiger partial charge is 0.259 e. The number of benzene rings is 3. The van der Waals surface area contributed by atoms with Crippen molar-refractivity contribution < 1.29 is 18.7 Å². The summed E-state index contributed by atoms with van der Waals surface area (Å²) < 4.78 is 18.8. The van der Waals surface area contributed by atoms with Crippen LogP contribution in [-0.4, -0.2) is 11.8 Å². The number of carbonyl (C=O) groups excluding carboxylic acids is 2. The van der Waals surface area contributed by atoms with Crippen LogP contribution in [0.15, 0.2) is 66.7 Å². The fraction of sp³-hybridized carbons (Fsp3) is 0.0909. The minimum Gasteiger partial charge on any atom is -0.488 e. The van der Waals surface area contributed by atoms with Crippen LogP contribution in [0.2, 0.25) is 5.02 Å². The second-order valence-electron chi connectivity index (χ2n) is 6.24. The second kappa shape index (κ2) is 9.21.